The van der Waals surface area contributed by atoms with Gasteiger partial charge in [0.05, 0.1) is 12.7 Å². The van der Waals surface area contributed by atoms with Crippen LogP contribution in [0.1, 0.15) is 37.7 Å². The zero-order chi connectivity index (χ0) is 12.8. The van der Waals surface area contributed by atoms with E-state index in [1.807, 2.05) is 18.2 Å². The topological polar surface area (TPSA) is 38.7 Å². The summed E-state index contributed by atoms with van der Waals surface area (Å²) < 4.78 is 11.6. The molecule has 0 saturated carbocycles. The Balaban J connectivity index is 1.81. The number of benzene rings is 1. The lowest BCUT2D eigenvalue weighted by molar-refractivity contribution is -0.0729. The molecule has 1 heterocycles. The van der Waals surface area contributed by atoms with Crippen LogP contribution in [-0.4, -0.2) is 30.7 Å². The zero-order valence-electron chi connectivity index (χ0n) is 10.9. The molecule has 2 rings (SSSR count). The van der Waals surface area contributed by atoms with Crippen LogP contribution in [0.5, 0.6) is 0 Å². The van der Waals surface area contributed by atoms with Crippen molar-refractivity contribution in [1.29, 1.82) is 0 Å². The molecule has 1 fully saturated rings. The van der Waals surface area contributed by atoms with Crippen LogP contribution in [0.2, 0.25) is 0 Å². The molecule has 3 nitrogen and oxygen atoms in total. The summed E-state index contributed by atoms with van der Waals surface area (Å²) in [7, 11) is 0. The number of aliphatic hydroxyl groups excluding tert-OH is 1. The molecular weight excluding hydrogens is 228 g/mol. The first-order valence-electron chi connectivity index (χ1n) is 6.74. The van der Waals surface area contributed by atoms with Crippen molar-refractivity contribution in [3.8, 4) is 0 Å². The van der Waals surface area contributed by atoms with Gasteiger partial charge in [-0.2, -0.15) is 0 Å². The Hall–Kier alpha value is -0.900. The van der Waals surface area contributed by atoms with Crippen LogP contribution in [0.15, 0.2) is 30.3 Å². The highest BCUT2D eigenvalue weighted by Crippen LogP contribution is 2.28. The third-order valence-electron chi connectivity index (χ3n) is 3.44. The molecule has 0 spiro atoms. The van der Waals surface area contributed by atoms with Crippen LogP contribution in [0.4, 0.5) is 0 Å². The van der Waals surface area contributed by atoms with Gasteiger partial charge in [-0.15, -0.1) is 0 Å². The smallest absolute Gasteiger partial charge is 0.164 e. The molecule has 100 valence electrons. The molecule has 0 unspecified atom stereocenters. The Kier molecular flexibility index (Phi) is 5.17. The second-order valence-corrected chi connectivity index (χ2v) is 4.88. The predicted octanol–water partition coefficient (Wildman–Crippen LogP) is 2.69. The van der Waals surface area contributed by atoms with E-state index in [1.54, 1.807) is 0 Å². The fourth-order valence-corrected chi connectivity index (χ4v) is 2.28. The molecule has 3 atom stereocenters. The molecule has 1 aliphatic rings. The third-order valence-corrected chi connectivity index (χ3v) is 3.44. The summed E-state index contributed by atoms with van der Waals surface area (Å²) in [5.74, 6) is 0.258. The minimum atomic E-state index is -0.133. The highest BCUT2D eigenvalue weighted by Gasteiger charge is 2.30. The summed E-state index contributed by atoms with van der Waals surface area (Å²) in [6, 6.07) is 10.3. The highest BCUT2D eigenvalue weighted by atomic mass is 16.7. The monoisotopic (exact) mass is 250 g/mol. The van der Waals surface area contributed by atoms with Gasteiger partial charge in [0.15, 0.2) is 6.29 Å². The summed E-state index contributed by atoms with van der Waals surface area (Å²) in [6.07, 6.45) is 2.87. The summed E-state index contributed by atoms with van der Waals surface area (Å²) in [5.41, 5.74) is 1.25. The molecule has 0 aliphatic carbocycles. The maximum absolute atomic E-state index is 8.76. The highest BCUT2D eigenvalue weighted by molar-refractivity contribution is 5.19. The zero-order valence-corrected chi connectivity index (χ0v) is 10.9. The van der Waals surface area contributed by atoms with E-state index in [0.717, 1.165) is 19.3 Å². The Morgan fingerprint density at radius 1 is 1.28 bits per heavy atom. The lowest BCUT2D eigenvalue weighted by atomic mass is 10.0. The molecule has 1 aromatic carbocycles. The summed E-state index contributed by atoms with van der Waals surface area (Å²) in [5, 5.41) is 8.76. The van der Waals surface area contributed by atoms with Crippen LogP contribution in [0.25, 0.3) is 0 Å². The first kappa shape index (κ1) is 13.5. The van der Waals surface area contributed by atoms with Crippen molar-refractivity contribution >= 4 is 0 Å². The molecule has 1 aromatic rings. The average molecular weight is 250 g/mol. The molecule has 0 aromatic heterocycles. The van der Waals surface area contributed by atoms with Crippen LogP contribution < -0.4 is 0 Å². The van der Waals surface area contributed by atoms with E-state index in [1.165, 1.54) is 5.56 Å². The van der Waals surface area contributed by atoms with Gasteiger partial charge < -0.3 is 14.6 Å². The molecule has 0 bridgehead atoms. The predicted molar refractivity (Wildman–Crippen MR) is 70.4 cm³/mol. The normalized spacial score (nSPS) is 25.2. The Morgan fingerprint density at radius 2 is 2.06 bits per heavy atom. The summed E-state index contributed by atoms with van der Waals surface area (Å²) >= 11 is 0. The fourth-order valence-electron chi connectivity index (χ4n) is 2.28. The number of unbranched alkanes of at least 4 members (excludes halogenated alkanes) is 1. The van der Waals surface area contributed by atoms with Crippen LogP contribution in [-0.2, 0) is 9.47 Å². The number of hydrogen-bond acceptors (Lipinski definition) is 3. The van der Waals surface area contributed by atoms with E-state index in [0.29, 0.717) is 6.61 Å². The van der Waals surface area contributed by atoms with Gasteiger partial charge >= 0.3 is 0 Å². The Morgan fingerprint density at radius 3 is 2.78 bits per heavy atom. The largest absolute Gasteiger partial charge is 0.396 e. The molecule has 1 N–H and O–H groups in total. The molecule has 0 amide bonds. The maximum Gasteiger partial charge on any atom is 0.164 e. The second-order valence-electron chi connectivity index (χ2n) is 4.88. The van der Waals surface area contributed by atoms with Gasteiger partial charge in [-0.3, -0.25) is 0 Å². The van der Waals surface area contributed by atoms with Crippen molar-refractivity contribution < 1.29 is 14.6 Å². The summed E-state index contributed by atoms with van der Waals surface area (Å²) in [4.78, 5) is 0. The van der Waals surface area contributed by atoms with Gasteiger partial charge in [-0.05, 0) is 24.8 Å². The van der Waals surface area contributed by atoms with Gasteiger partial charge in [-0.1, -0.05) is 37.3 Å². The molecule has 18 heavy (non-hydrogen) atoms. The standard InChI is InChI=1S/C15H22O3/c1-12(13-7-3-2-4-8-13)15-17-11-14(18-15)9-5-6-10-16/h2-4,7-8,12,14-16H,5-6,9-11H2,1H3/t12-,14+,15+/m1/s1. The number of hydrogen-bond donors (Lipinski definition) is 1. The molecule has 1 aliphatic heterocycles. The SMILES string of the molecule is C[C@H](c1ccccc1)[C@H]1OC[C@H](CCCCO)O1. The Bertz CT molecular complexity index is 339. The minimum Gasteiger partial charge on any atom is -0.396 e. The molecular formula is C15H22O3. The summed E-state index contributed by atoms with van der Waals surface area (Å²) in [6.45, 7) is 3.07. The van der Waals surface area contributed by atoms with E-state index in [2.05, 4.69) is 19.1 Å². The van der Waals surface area contributed by atoms with Gasteiger partial charge in [0.2, 0.25) is 0 Å². The maximum atomic E-state index is 8.76. The number of rotatable bonds is 6. The van der Waals surface area contributed by atoms with Crippen molar-refractivity contribution in [3.05, 3.63) is 35.9 Å². The average Bonchev–Trinajstić information content (AvgIpc) is 2.88. The third kappa shape index (κ3) is 3.55. The van der Waals surface area contributed by atoms with Crippen LogP contribution in [0.3, 0.4) is 0 Å². The molecule has 3 heteroatoms. The molecule has 1 saturated heterocycles. The van der Waals surface area contributed by atoms with Crippen molar-refractivity contribution in [2.24, 2.45) is 0 Å². The van der Waals surface area contributed by atoms with Crippen LogP contribution in [0, 0.1) is 0 Å². The fraction of sp³-hybridized carbons (Fsp3) is 0.600. The van der Waals surface area contributed by atoms with Crippen molar-refractivity contribution in [3.63, 3.8) is 0 Å². The van der Waals surface area contributed by atoms with E-state index in [4.69, 9.17) is 14.6 Å². The number of aliphatic hydroxyl groups is 1. The van der Waals surface area contributed by atoms with Crippen molar-refractivity contribution in [2.45, 2.75) is 44.5 Å². The second kappa shape index (κ2) is 6.88. The first-order valence-corrected chi connectivity index (χ1v) is 6.74. The number of ether oxygens (including phenoxy) is 2. The van der Waals surface area contributed by atoms with Crippen LogP contribution >= 0.6 is 0 Å². The van der Waals surface area contributed by atoms with Crippen molar-refractivity contribution in [1.82, 2.24) is 0 Å². The first-order chi connectivity index (χ1) is 8.81. The van der Waals surface area contributed by atoms with E-state index in [9.17, 15) is 0 Å². The lowest BCUT2D eigenvalue weighted by Crippen LogP contribution is -2.18. The van der Waals surface area contributed by atoms with Gasteiger partial charge in [0.1, 0.15) is 0 Å². The Labute approximate surface area is 109 Å². The van der Waals surface area contributed by atoms with Crippen molar-refractivity contribution in [2.75, 3.05) is 13.2 Å². The lowest BCUT2D eigenvalue weighted by Gasteiger charge is -2.19. The van der Waals surface area contributed by atoms with Gasteiger partial charge in [0.25, 0.3) is 0 Å². The van der Waals surface area contributed by atoms with Gasteiger partial charge in [-0.25, -0.2) is 0 Å². The van der Waals surface area contributed by atoms with E-state index >= 15 is 0 Å². The van der Waals surface area contributed by atoms with E-state index < -0.39 is 0 Å². The van der Waals surface area contributed by atoms with E-state index in [-0.39, 0.29) is 24.9 Å². The van der Waals surface area contributed by atoms with Gasteiger partial charge in [0, 0.05) is 12.5 Å². The molecule has 0 radical (unpaired) electrons. The quantitative estimate of drug-likeness (QED) is 0.789. The minimum absolute atomic E-state index is 0.133.